The Morgan fingerprint density at radius 2 is 1.29 bits per heavy atom. The Labute approximate surface area is 159 Å². The van der Waals surface area contributed by atoms with Crippen LogP contribution in [-0.2, 0) is 0 Å². The van der Waals surface area contributed by atoms with Gasteiger partial charge in [0.05, 0.1) is 5.69 Å². The number of rotatable bonds is 6. The fraction of sp³-hybridized carbons (Fsp3) is 0.100. The summed E-state index contributed by atoms with van der Waals surface area (Å²) in [6.07, 6.45) is -4.71. The molecule has 0 amide bonds. The summed E-state index contributed by atoms with van der Waals surface area (Å²) < 4.78 is 51.4. The second kappa shape index (κ2) is 7.99. The van der Waals surface area contributed by atoms with E-state index in [9.17, 15) is 13.2 Å². The van der Waals surface area contributed by atoms with Gasteiger partial charge in [0.2, 0.25) is 6.79 Å². The molecule has 0 spiro atoms. The molecular formula is C20H17F3N2O3. The van der Waals surface area contributed by atoms with Crippen LogP contribution in [0.15, 0.2) is 66.7 Å². The molecule has 0 aliphatic heterocycles. The molecule has 0 bridgehead atoms. The highest BCUT2D eigenvalue weighted by atomic mass is 19.4. The van der Waals surface area contributed by atoms with E-state index in [1.54, 1.807) is 54.6 Å². The van der Waals surface area contributed by atoms with E-state index in [1.807, 2.05) is 0 Å². The first-order valence-electron chi connectivity index (χ1n) is 8.17. The predicted molar refractivity (Wildman–Crippen MR) is 100.0 cm³/mol. The summed E-state index contributed by atoms with van der Waals surface area (Å²) in [6, 6.07) is 17.6. The molecule has 28 heavy (non-hydrogen) atoms. The lowest BCUT2D eigenvalue weighted by Crippen LogP contribution is -2.16. The summed E-state index contributed by atoms with van der Waals surface area (Å²) in [4.78, 5) is 0. The zero-order valence-electron chi connectivity index (χ0n) is 14.6. The van der Waals surface area contributed by atoms with Gasteiger partial charge in [-0.05, 0) is 53.6 Å². The number of alkyl halides is 3. The van der Waals surface area contributed by atoms with Crippen LogP contribution in [0, 0.1) is 0 Å². The maximum Gasteiger partial charge on any atom is 0.573 e. The molecule has 0 aliphatic rings. The first-order chi connectivity index (χ1) is 13.3. The predicted octanol–water partition coefficient (Wildman–Crippen LogP) is 4.83. The molecule has 0 saturated carbocycles. The third kappa shape index (κ3) is 5.23. The second-order valence-electron chi connectivity index (χ2n) is 5.80. The minimum atomic E-state index is -4.71. The summed E-state index contributed by atoms with van der Waals surface area (Å²) in [5, 5.41) is 0. The molecule has 8 heteroatoms. The van der Waals surface area contributed by atoms with Crippen molar-refractivity contribution in [2.24, 2.45) is 0 Å². The van der Waals surface area contributed by atoms with E-state index in [1.165, 1.54) is 12.1 Å². The number of benzene rings is 3. The molecule has 3 aromatic rings. The molecule has 4 N–H and O–H groups in total. The largest absolute Gasteiger partial charge is 0.573 e. The van der Waals surface area contributed by atoms with Crippen LogP contribution < -0.4 is 25.7 Å². The number of hydrogen-bond donors (Lipinski definition) is 2. The SMILES string of the molecule is Nc1ccc(OCOc2ccc(-c3ccc(OC(F)(F)F)cc3)cc2)c(N)c1. The lowest BCUT2D eigenvalue weighted by molar-refractivity contribution is -0.274. The van der Waals surface area contributed by atoms with Crippen LogP contribution in [0.3, 0.4) is 0 Å². The Morgan fingerprint density at radius 1 is 0.714 bits per heavy atom. The van der Waals surface area contributed by atoms with Crippen LogP contribution >= 0.6 is 0 Å². The Balaban J connectivity index is 1.57. The molecule has 0 heterocycles. The molecule has 5 nitrogen and oxygen atoms in total. The average Bonchev–Trinajstić information content (AvgIpc) is 2.63. The number of halogens is 3. The number of hydrogen-bond acceptors (Lipinski definition) is 5. The lowest BCUT2D eigenvalue weighted by atomic mass is 10.1. The van der Waals surface area contributed by atoms with Gasteiger partial charge in [0.15, 0.2) is 0 Å². The van der Waals surface area contributed by atoms with Gasteiger partial charge in [-0.2, -0.15) is 0 Å². The fourth-order valence-electron chi connectivity index (χ4n) is 2.45. The molecule has 0 unspecified atom stereocenters. The summed E-state index contributed by atoms with van der Waals surface area (Å²) in [5.41, 5.74) is 13.9. The van der Waals surface area contributed by atoms with E-state index in [0.717, 1.165) is 11.1 Å². The third-order valence-electron chi connectivity index (χ3n) is 3.75. The van der Waals surface area contributed by atoms with Crippen molar-refractivity contribution in [2.45, 2.75) is 6.36 Å². The summed E-state index contributed by atoms with van der Waals surface area (Å²) in [6.45, 7) is -0.0447. The summed E-state index contributed by atoms with van der Waals surface area (Å²) >= 11 is 0. The van der Waals surface area contributed by atoms with E-state index in [2.05, 4.69) is 4.74 Å². The van der Waals surface area contributed by atoms with Crippen LogP contribution in [-0.4, -0.2) is 13.2 Å². The Morgan fingerprint density at radius 3 is 1.82 bits per heavy atom. The average molecular weight is 390 g/mol. The van der Waals surface area contributed by atoms with Crippen LogP contribution in [0.2, 0.25) is 0 Å². The zero-order chi connectivity index (χ0) is 20.1. The van der Waals surface area contributed by atoms with Crippen molar-refractivity contribution in [2.75, 3.05) is 18.3 Å². The summed E-state index contributed by atoms with van der Waals surface area (Å²) in [5.74, 6) is 0.761. The second-order valence-corrected chi connectivity index (χ2v) is 5.80. The molecule has 0 radical (unpaired) electrons. The van der Waals surface area contributed by atoms with Crippen LogP contribution in [0.1, 0.15) is 0 Å². The normalized spacial score (nSPS) is 11.1. The van der Waals surface area contributed by atoms with Gasteiger partial charge < -0.3 is 25.7 Å². The smallest absolute Gasteiger partial charge is 0.457 e. The Bertz CT molecular complexity index is 927. The number of nitrogens with two attached hydrogens (primary N) is 2. The first-order valence-corrected chi connectivity index (χ1v) is 8.17. The quantitative estimate of drug-likeness (QED) is 0.465. The van der Waals surface area contributed by atoms with Gasteiger partial charge in [0.25, 0.3) is 0 Å². The Kier molecular flexibility index (Phi) is 5.49. The molecule has 3 aromatic carbocycles. The number of anilines is 2. The molecule has 146 valence electrons. The van der Waals surface area contributed by atoms with Gasteiger partial charge in [-0.1, -0.05) is 24.3 Å². The highest BCUT2D eigenvalue weighted by Crippen LogP contribution is 2.28. The van der Waals surface area contributed by atoms with Crippen LogP contribution in [0.25, 0.3) is 11.1 Å². The van der Waals surface area contributed by atoms with Crippen molar-refractivity contribution >= 4 is 11.4 Å². The standard InChI is InChI=1S/C20H17F3N2O3/c21-20(22,23)28-17-8-3-14(4-9-17)13-1-6-16(7-2-13)26-12-27-19-10-5-15(24)11-18(19)25/h1-11H,12,24-25H2. The van der Waals surface area contributed by atoms with Gasteiger partial charge >= 0.3 is 6.36 Å². The van der Waals surface area contributed by atoms with Crippen molar-refractivity contribution < 1.29 is 27.4 Å². The third-order valence-corrected chi connectivity index (χ3v) is 3.75. The van der Waals surface area contributed by atoms with Gasteiger partial charge in [-0.25, -0.2) is 0 Å². The number of ether oxygens (including phenoxy) is 3. The first kappa shape index (κ1) is 19.2. The highest BCUT2D eigenvalue weighted by molar-refractivity contribution is 5.65. The van der Waals surface area contributed by atoms with Gasteiger partial charge in [0.1, 0.15) is 17.2 Å². The molecule has 0 atom stereocenters. The van der Waals surface area contributed by atoms with Crippen molar-refractivity contribution in [3.05, 3.63) is 66.7 Å². The molecule has 0 saturated heterocycles. The number of nitrogen functional groups attached to an aromatic ring is 2. The molecular weight excluding hydrogens is 373 g/mol. The highest BCUT2D eigenvalue weighted by Gasteiger charge is 2.30. The monoisotopic (exact) mass is 390 g/mol. The van der Waals surface area contributed by atoms with Gasteiger partial charge in [0, 0.05) is 5.69 Å². The van der Waals surface area contributed by atoms with Crippen molar-refractivity contribution in [3.63, 3.8) is 0 Å². The fourth-order valence-corrected chi connectivity index (χ4v) is 2.45. The minimum absolute atomic E-state index is 0.0447. The maximum atomic E-state index is 12.2. The zero-order valence-corrected chi connectivity index (χ0v) is 14.6. The van der Waals surface area contributed by atoms with Crippen molar-refractivity contribution in [1.82, 2.24) is 0 Å². The Hall–Kier alpha value is -3.55. The minimum Gasteiger partial charge on any atom is -0.457 e. The maximum absolute atomic E-state index is 12.2. The van der Waals surface area contributed by atoms with Gasteiger partial charge in [-0.15, -0.1) is 13.2 Å². The van der Waals surface area contributed by atoms with Crippen LogP contribution in [0.4, 0.5) is 24.5 Å². The molecule has 3 rings (SSSR count). The molecule has 0 fully saturated rings. The van der Waals surface area contributed by atoms with Crippen molar-refractivity contribution in [1.29, 1.82) is 0 Å². The topological polar surface area (TPSA) is 79.7 Å². The van der Waals surface area contributed by atoms with E-state index < -0.39 is 6.36 Å². The van der Waals surface area contributed by atoms with Gasteiger partial charge in [-0.3, -0.25) is 0 Å². The van der Waals surface area contributed by atoms with E-state index in [0.29, 0.717) is 22.9 Å². The van der Waals surface area contributed by atoms with Crippen LogP contribution in [0.5, 0.6) is 17.2 Å². The van der Waals surface area contributed by atoms with E-state index >= 15 is 0 Å². The van der Waals surface area contributed by atoms with E-state index in [4.69, 9.17) is 20.9 Å². The summed E-state index contributed by atoms with van der Waals surface area (Å²) in [7, 11) is 0. The lowest BCUT2D eigenvalue weighted by Gasteiger charge is -2.11. The molecule has 0 aliphatic carbocycles. The van der Waals surface area contributed by atoms with Crippen molar-refractivity contribution in [3.8, 4) is 28.4 Å². The van der Waals surface area contributed by atoms with E-state index in [-0.39, 0.29) is 12.5 Å². The molecule has 0 aromatic heterocycles.